The molecular formula is C17H22O. The van der Waals surface area contributed by atoms with E-state index in [-0.39, 0.29) is 0 Å². The Hall–Kier alpha value is -1.50. The van der Waals surface area contributed by atoms with E-state index in [2.05, 4.69) is 52.0 Å². The summed E-state index contributed by atoms with van der Waals surface area (Å²) < 4.78 is 5.54. The van der Waals surface area contributed by atoms with Crippen molar-refractivity contribution in [1.29, 1.82) is 0 Å². The molecule has 1 heterocycles. The molecule has 0 aromatic heterocycles. The number of fused-ring (bicyclic) bond motifs is 1. The summed E-state index contributed by atoms with van der Waals surface area (Å²) >= 11 is 0. The third kappa shape index (κ3) is 2.50. The fraction of sp³-hybridized carbons (Fsp3) is 0.412. The van der Waals surface area contributed by atoms with Crippen molar-refractivity contribution in [2.24, 2.45) is 5.92 Å². The van der Waals surface area contributed by atoms with E-state index < -0.39 is 0 Å². The third-order valence-electron chi connectivity index (χ3n) is 3.41. The SMILES string of the molecule is CC(C)/C1=C/C=C\OCc2cccc(C(C)C)c21. The number of hydrogen-bond donors (Lipinski definition) is 0. The molecule has 18 heavy (non-hydrogen) atoms. The number of allylic oxidation sites excluding steroid dienone is 3. The molecule has 0 atom stereocenters. The van der Waals surface area contributed by atoms with Crippen LogP contribution in [0.2, 0.25) is 0 Å². The number of rotatable bonds is 2. The van der Waals surface area contributed by atoms with Crippen LogP contribution >= 0.6 is 0 Å². The second kappa shape index (κ2) is 5.43. The second-order valence-electron chi connectivity index (χ2n) is 5.45. The highest BCUT2D eigenvalue weighted by atomic mass is 16.5. The van der Waals surface area contributed by atoms with E-state index in [0.717, 1.165) is 0 Å². The lowest BCUT2D eigenvalue weighted by molar-refractivity contribution is 0.235. The Labute approximate surface area is 110 Å². The normalized spacial score (nSPS) is 19.6. The first-order valence-electron chi connectivity index (χ1n) is 6.71. The van der Waals surface area contributed by atoms with Crippen LogP contribution in [0, 0.1) is 5.92 Å². The zero-order chi connectivity index (χ0) is 13.1. The molecule has 1 heteroatoms. The maximum atomic E-state index is 5.54. The lowest BCUT2D eigenvalue weighted by atomic mass is 9.84. The van der Waals surface area contributed by atoms with Crippen molar-refractivity contribution in [3.63, 3.8) is 0 Å². The molecule has 0 saturated heterocycles. The van der Waals surface area contributed by atoms with E-state index >= 15 is 0 Å². The minimum Gasteiger partial charge on any atom is -0.496 e. The van der Waals surface area contributed by atoms with E-state index in [9.17, 15) is 0 Å². The van der Waals surface area contributed by atoms with Gasteiger partial charge in [0.15, 0.2) is 0 Å². The molecule has 0 saturated carbocycles. The molecule has 0 bridgehead atoms. The van der Waals surface area contributed by atoms with E-state index in [4.69, 9.17) is 4.74 Å². The summed E-state index contributed by atoms with van der Waals surface area (Å²) in [5.41, 5.74) is 5.53. The Morgan fingerprint density at radius 3 is 2.50 bits per heavy atom. The van der Waals surface area contributed by atoms with Gasteiger partial charge in [0.2, 0.25) is 0 Å². The number of ether oxygens (including phenoxy) is 1. The van der Waals surface area contributed by atoms with Gasteiger partial charge in [-0.3, -0.25) is 0 Å². The number of benzene rings is 1. The fourth-order valence-electron chi connectivity index (χ4n) is 2.47. The summed E-state index contributed by atoms with van der Waals surface area (Å²) in [5, 5.41) is 0. The molecule has 2 rings (SSSR count). The third-order valence-corrected chi connectivity index (χ3v) is 3.41. The molecule has 0 unspecified atom stereocenters. The summed E-state index contributed by atoms with van der Waals surface area (Å²) in [6, 6.07) is 6.56. The van der Waals surface area contributed by atoms with Gasteiger partial charge in [-0.05, 0) is 40.2 Å². The lowest BCUT2D eigenvalue weighted by Gasteiger charge is -2.23. The highest BCUT2D eigenvalue weighted by Gasteiger charge is 2.17. The minimum atomic E-state index is 0.520. The Balaban J connectivity index is 2.65. The molecule has 0 spiro atoms. The summed E-state index contributed by atoms with van der Waals surface area (Å²) in [7, 11) is 0. The van der Waals surface area contributed by atoms with Gasteiger partial charge in [-0.15, -0.1) is 0 Å². The number of hydrogen-bond acceptors (Lipinski definition) is 1. The van der Waals surface area contributed by atoms with Crippen molar-refractivity contribution in [2.75, 3.05) is 0 Å². The molecule has 0 radical (unpaired) electrons. The van der Waals surface area contributed by atoms with Crippen LogP contribution in [0.4, 0.5) is 0 Å². The van der Waals surface area contributed by atoms with Crippen molar-refractivity contribution in [2.45, 2.75) is 40.2 Å². The molecule has 96 valence electrons. The largest absolute Gasteiger partial charge is 0.496 e. The molecule has 1 aliphatic rings. The van der Waals surface area contributed by atoms with Gasteiger partial charge in [0.1, 0.15) is 6.61 Å². The van der Waals surface area contributed by atoms with Crippen molar-refractivity contribution in [3.05, 3.63) is 53.3 Å². The Morgan fingerprint density at radius 1 is 1.06 bits per heavy atom. The monoisotopic (exact) mass is 242 g/mol. The fourth-order valence-corrected chi connectivity index (χ4v) is 2.47. The predicted octanol–water partition coefficient (Wildman–Crippen LogP) is 4.89. The molecule has 1 aromatic rings. The molecule has 1 aromatic carbocycles. The predicted molar refractivity (Wildman–Crippen MR) is 77.3 cm³/mol. The summed E-state index contributed by atoms with van der Waals surface area (Å²) in [6.07, 6.45) is 5.98. The van der Waals surface area contributed by atoms with Crippen LogP contribution in [-0.4, -0.2) is 0 Å². The Kier molecular flexibility index (Phi) is 3.90. The molecule has 1 aliphatic heterocycles. The van der Waals surface area contributed by atoms with Crippen LogP contribution in [0.3, 0.4) is 0 Å². The Bertz CT molecular complexity index is 478. The van der Waals surface area contributed by atoms with E-state index in [1.807, 2.05) is 6.08 Å². The van der Waals surface area contributed by atoms with Gasteiger partial charge in [0.05, 0.1) is 6.26 Å². The first kappa shape index (κ1) is 12.9. The van der Waals surface area contributed by atoms with Gasteiger partial charge in [-0.2, -0.15) is 0 Å². The zero-order valence-electron chi connectivity index (χ0n) is 11.7. The van der Waals surface area contributed by atoms with Gasteiger partial charge in [-0.1, -0.05) is 52.0 Å². The highest BCUT2D eigenvalue weighted by Crippen LogP contribution is 2.34. The molecule has 1 nitrogen and oxygen atoms in total. The van der Waals surface area contributed by atoms with Crippen molar-refractivity contribution in [3.8, 4) is 0 Å². The molecule has 0 N–H and O–H groups in total. The summed E-state index contributed by atoms with van der Waals surface area (Å²) in [6.45, 7) is 9.68. The first-order chi connectivity index (χ1) is 8.61. The molecular weight excluding hydrogens is 220 g/mol. The van der Waals surface area contributed by atoms with Crippen LogP contribution in [0.15, 0.2) is 36.6 Å². The standard InChI is InChI=1S/C17H22O/c1-12(2)15-8-5-7-14-11-18-10-6-9-16(13(3)4)17(14)15/h5-10,12-13H,11H2,1-4H3/b10-6-,16-9-. The van der Waals surface area contributed by atoms with Gasteiger partial charge in [0, 0.05) is 0 Å². The lowest BCUT2D eigenvalue weighted by Crippen LogP contribution is -2.06. The molecule has 0 aliphatic carbocycles. The van der Waals surface area contributed by atoms with Crippen LogP contribution in [0.5, 0.6) is 0 Å². The average molecular weight is 242 g/mol. The van der Waals surface area contributed by atoms with Crippen LogP contribution in [0.25, 0.3) is 5.57 Å². The van der Waals surface area contributed by atoms with Crippen molar-refractivity contribution < 1.29 is 4.74 Å². The first-order valence-corrected chi connectivity index (χ1v) is 6.71. The van der Waals surface area contributed by atoms with E-state index in [0.29, 0.717) is 18.4 Å². The van der Waals surface area contributed by atoms with Crippen molar-refractivity contribution >= 4 is 5.57 Å². The minimum absolute atomic E-state index is 0.520. The van der Waals surface area contributed by atoms with Gasteiger partial charge >= 0.3 is 0 Å². The second-order valence-corrected chi connectivity index (χ2v) is 5.45. The quantitative estimate of drug-likeness (QED) is 0.717. The van der Waals surface area contributed by atoms with Crippen molar-refractivity contribution in [1.82, 2.24) is 0 Å². The van der Waals surface area contributed by atoms with Gasteiger partial charge < -0.3 is 4.74 Å². The summed E-state index contributed by atoms with van der Waals surface area (Å²) in [5.74, 6) is 1.05. The van der Waals surface area contributed by atoms with Crippen LogP contribution in [0.1, 0.15) is 50.3 Å². The van der Waals surface area contributed by atoms with Gasteiger partial charge in [0.25, 0.3) is 0 Å². The Morgan fingerprint density at radius 2 is 1.83 bits per heavy atom. The maximum Gasteiger partial charge on any atom is 0.113 e. The average Bonchev–Trinajstić information content (AvgIpc) is 2.28. The topological polar surface area (TPSA) is 9.23 Å². The summed E-state index contributed by atoms with van der Waals surface area (Å²) in [4.78, 5) is 0. The van der Waals surface area contributed by atoms with Crippen LogP contribution < -0.4 is 0 Å². The van der Waals surface area contributed by atoms with E-state index in [1.165, 1.54) is 22.3 Å². The molecule has 0 fully saturated rings. The smallest absolute Gasteiger partial charge is 0.113 e. The van der Waals surface area contributed by atoms with Crippen LogP contribution in [-0.2, 0) is 11.3 Å². The van der Waals surface area contributed by atoms with Gasteiger partial charge in [-0.25, -0.2) is 0 Å². The van der Waals surface area contributed by atoms with E-state index in [1.54, 1.807) is 6.26 Å². The molecule has 0 amide bonds. The maximum absolute atomic E-state index is 5.54. The zero-order valence-corrected chi connectivity index (χ0v) is 11.7. The highest BCUT2D eigenvalue weighted by molar-refractivity contribution is 5.74.